The highest BCUT2D eigenvalue weighted by molar-refractivity contribution is 7.14. The predicted molar refractivity (Wildman–Crippen MR) is 115 cm³/mol. The fourth-order valence-electron chi connectivity index (χ4n) is 3.00. The van der Waals surface area contributed by atoms with Crippen LogP contribution in [0.25, 0.3) is 16.9 Å². The molecule has 8 heteroatoms. The summed E-state index contributed by atoms with van der Waals surface area (Å²) in [6.45, 7) is 4.07. The average Bonchev–Trinajstić information content (AvgIpc) is 3.26. The third-order valence-electron chi connectivity index (χ3n) is 4.48. The average molecular weight is 431 g/mol. The van der Waals surface area contributed by atoms with E-state index in [1.807, 2.05) is 28.8 Å². The van der Waals surface area contributed by atoms with Crippen molar-refractivity contribution in [1.82, 2.24) is 14.4 Å². The van der Waals surface area contributed by atoms with Gasteiger partial charge in [0.15, 0.2) is 5.13 Å². The molecular formula is C20H16Cl2N4OS. The number of benzene rings is 1. The summed E-state index contributed by atoms with van der Waals surface area (Å²) in [4.78, 5) is 21.7. The molecule has 5 nitrogen and oxygen atoms in total. The Bertz CT molecular complexity index is 1200. The minimum Gasteiger partial charge on any atom is -0.303 e. The second-order valence-corrected chi connectivity index (χ2v) is 7.96. The van der Waals surface area contributed by atoms with Crippen molar-refractivity contribution in [3.63, 3.8) is 0 Å². The molecule has 0 saturated carbocycles. The third kappa shape index (κ3) is 3.51. The molecule has 0 fully saturated rings. The topological polar surface area (TPSA) is 59.3 Å². The first kappa shape index (κ1) is 18.9. The van der Waals surface area contributed by atoms with Crippen molar-refractivity contribution in [2.75, 3.05) is 5.32 Å². The number of thiazole rings is 1. The first-order valence-corrected chi connectivity index (χ1v) is 10.3. The molecule has 4 rings (SSSR count). The minimum atomic E-state index is -0.226. The van der Waals surface area contributed by atoms with E-state index in [-0.39, 0.29) is 5.91 Å². The highest BCUT2D eigenvalue weighted by atomic mass is 35.5. The Morgan fingerprint density at radius 2 is 2.04 bits per heavy atom. The van der Waals surface area contributed by atoms with E-state index in [1.54, 1.807) is 24.4 Å². The smallest absolute Gasteiger partial charge is 0.258 e. The summed E-state index contributed by atoms with van der Waals surface area (Å²) in [6, 6.07) is 8.85. The number of carbonyl (C=O) groups excluding carboxylic acids is 1. The van der Waals surface area contributed by atoms with Crippen LogP contribution in [0.2, 0.25) is 10.0 Å². The number of halogens is 2. The van der Waals surface area contributed by atoms with Crippen LogP contribution >= 0.6 is 34.5 Å². The highest BCUT2D eigenvalue weighted by Crippen LogP contribution is 2.32. The van der Waals surface area contributed by atoms with Gasteiger partial charge in [0.1, 0.15) is 5.65 Å². The number of imidazole rings is 1. The zero-order valence-corrected chi connectivity index (χ0v) is 17.5. The summed E-state index contributed by atoms with van der Waals surface area (Å²) in [7, 11) is 0. The SMILES string of the molecule is CCc1nc2ccc(C(=O)Nc3nc(-c4ccc(Cl)cc4Cl)cs3)cn2c1C. The van der Waals surface area contributed by atoms with Gasteiger partial charge in [-0.2, -0.15) is 0 Å². The van der Waals surface area contributed by atoms with Gasteiger partial charge in [-0.1, -0.05) is 30.1 Å². The van der Waals surface area contributed by atoms with E-state index < -0.39 is 0 Å². The number of carbonyl (C=O) groups is 1. The minimum absolute atomic E-state index is 0.226. The number of pyridine rings is 1. The molecular weight excluding hydrogens is 415 g/mol. The normalized spacial score (nSPS) is 11.1. The molecule has 0 aliphatic heterocycles. The lowest BCUT2D eigenvalue weighted by Gasteiger charge is -2.04. The van der Waals surface area contributed by atoms with E-state index in [0.717, 1.165) is 29.0 Å². The van der Waals surface area contributed by atoms with Crippen molar-refractivity contribution < 1.29 is 4.79 Å². The zero-order valence-electron chi connectivity index (χ0n) is 15.2. The first-order chi connectivity index (χ1) is 13.5. The molecule has 1 aromatic carbocycles. The van der Waals surface area contributed by atoms with Crippen molar-refractivity contribution in [1.29, 1.82) is 0 Å². The molecule has 0 saturated heterocycles. The fraction of sp³-hybridized carbons (Fsp3) is 0.150. The van der Waals surface area contributed by atoms with Crippen LogP contribution in [0.15, 0.2) is 41.9 Å². The summed E-state index contributed by atoms with van der Waals surface area (Å²) < 4.78 is 1.94. The van der Waals surface area contributed by atoms with E-state index in [4.69, 9.17) is 23.2 Å². The van der Waals surface area contributed by atoms with Gasteiger partial charge in [-0.25, -0.2) is 9.97 Å². The van der Waals surface area contributed by atoms with Gasteiger partial charge >= 0.3 is 0 Å². The lowest BCUT2D eigenvalue weighted by molar-refractivity contribution is 0.102. The van der Waals surface area contributed by atoms with Crippen LogP contribution in [0.5, 0.6) is 0 Å². The van der Waals surface area contributed by atoms with Crippen molar-refractivity contribution >= 4 is 51.2 Å². The molecule has 3 aromatic heterocycles. The lowest BCUT2D eigenvalue weighted by atomic mass is 10.2. The Kier molecular flexibility index (Phi) is 5.10. The maximum absolute atomic E-state index is 12.7. The molecule has 28 heavy (non-hydrogen) atoms. The standard InChI is InChI=1S/C20H16Cl2N4OS/c1-3-16-11(2)26-9-12(4-7-18(26)23-16)19(27)25-20-24-17(10-28-20)14-6-5-13(21)8-15(14)22/h4-10H,3H2,1-2H3,(H,24,25,27). The molecule has 142 valence electrons. The number of hydrogen-bond acceptors (Lipinski definition) is 4. The Hall–Kier alpha value is -2.41. The van der Waals surface area contributed by atoms with Crippen LogP contribution in [0.4, 0.5) is 5.13 Å². The number of fused-ring (bicyclic) bond motifs is 1. The van der Waals surface area contributed by atoms with Crippen LogP contribution < -0.4 is 5.32 Å². The molecule has 0 spiro atoms. The summed E-state index contributed by atoms with van der Waals surface area (Å²) in [5, 5.41) is 6.28. The quantitative estimate of drug-likeness (QED) is 0.439. The van der Waals surface area contributed by atoms with Gasteiger partial charge in [0.2, 0.25) is 0 Å². The lowest BCUT2D eigenvalue weighted by Crippen LogP contribution is -2.12. The van der Waals surface area contributed by atoms with Gasteiger partial charge in [-0.15, -0.1) is 11.3 Å². The largest absolute Gasteiger partial charge is 0.303 e. The van der Waals surface area contributed by atoms with Crippen molar-refractivity contribution in [2.24, 2.45) is 0 Å². The van der Waals surface area contributed by atoms with Gasteiger partial charge in [-0.3, -0.25) is 10.1 Å². The molecule has 1 N–H and O–H groups in total. The Labute approximate surface area is 176 Å². The number of anilines is 1. The van der Waals surface area contributed by atoms with Crippen molar-refractivity contribution in [2.45, 2.75) is 20.3 Å². The summed E-state index contributed by atoms with van der Waals surface area (Å²) in [5.41, 5.74) is 4.90. The monoisotopic (exact) mass is 430 g/mol. The van der Waals surface area contributed by atoms with Crippen LogP contribution in [0, 0.1) is 6.92 Å². The third-order valence-corrected chi connectivity index (χ3v) is 5.79. The van der Waals surface area contributed by atoms with Gasteiger partial charge in [0.25, 0.3) is 5.91 Å². The van der Waals surface area contributed by atoms with Gasteiger partial charge in [-0.05, 0) is 43.7 Å². The maximum atomic E-state index is 12.7. The Morgan fingerprint density at radius 1 is 1.21 bits per heavy atom. The maximum Gasteiger partial charge on any atom is 0.258 e. The number of amides is 1. The first-order valence-electron chi connectivity index (χ1n) is 8.66. The molecule has 3 heterocycles. The number of rotatable bonds is 4. The van der Waals surface area contributed by atoms with Crippen LogP contribution in [-0.4, -0.2) is 20.3 Å². The van der Waals surface area contributed by atoms with E-state index >= 15 is 0 Å². The summed E-state index contributed by atoms with van der Waals surface area (Å²) >= 11 is 13.5. The number of nitrogens with zero attached hydrogens (tertiary/aromatic N) is 3. The molecule has 0 aliphatic carbocycles. The van der Waals surface area contributed by atoms with E-state index in [0.29, 0.717) is 26.4 Å². The highest BCUT2D eigenvalue weighted by Gasteiger charge is 2.14. The van der Waals surface area contributed by atoms with Gasteiger partial charge < -0.3 is 4.40 Å². The Morgan fingerprint density at radius 3 is 2.79 bits per heavy atom. The fourth-order valence-corrected chi connectivity index (χ4v) is 4.21. The van der Waals surface area contributed by atoms with E-state index in [1.165, 1.54) is 11.3 Å². The van der Waals surface area contributed by atoms with Crippen LogP contribution in [-0.2, 0) is 6.42 Å². The zero-order chi connectivity index (χ0) is 19.8. The Balaban J connectivity index is 1.58. The van der Waals surface area contributed by atoms with Crippen molar-refractivity contribution in [3.05, 3.63) is 68.9 Å². The van der Waals surface area contributed by atoms with E-state index in [2.05, 4.69) is 22.2 Å². The van der Waals surface area contributed by atoms with Crippen molar-refractivity contribution in [3.8, 4) is 11.3 Å². The number of nitrogens with one attached hydrogen (secondary N) is 1. The number of hydrogen-bond donors (Lipinski definition) is 1. The second-order valence-electron chi connectivity index (χ2n) is 6.26. The van der Waals surface area contributed by atoms with Crippen LogP contribution in [0.3, 0.4) is 0 Å². The molecule has 0 aliphatic rings. The molecule has 0 unspecified atom stereocenters. The van der Waals surface area contributed by atoms with Gasteiger partial charge in [0.05, 0.1) is 22.0 Å². The molecule has 4 aromatic rings. The molecule has 0 radical (unpaired) electrons. The molecule has 1 amide bonds. The predicted octanol–water partition coefficient (Wildman–Crippen LogP) is 5.89. The molecule has 0 atom stereocenters. The van der Waals surface area contributed by atoms with Crippen LogP contribution in [0.1, 0.15) is 28.7 Å². The number of aryl methyl sites for hydroxylation is 2. The number of aromatic nitrogens is 3. The van der Waals surface area contributed by atoms with E-state index in [9.17, 15) is 4.79 Å². The molecule has 0 bridgehead atoms. The van der Waals surface area contributed by atoms with Gasteiger partial charge in [0, 0.05) is 27.9 Å². The summed E-state index contributed by atoms with van der Waals surface area (Å²) in [5.74, 6) is -0.226. The second kappa shape index (κ2) is 7.54. The summed E-state index contributed by atoms with van der Waals surface area (Å²) in [6.07, 6.45) is 2.65.